The van der Waals surface area contributed by atoms with E-state index in [2.05, 4.69) is 91.6 Å². The number of carbonyl (C=O) groups is 1. The molecule has 1 aliphatic heterocycles. The van der Waals surface area contributed by atoms with Gasteiger partial charge in [0.05, 0.1) is 12.0 Å². The van der Waals surface area contributed by atoms with E-state index in [0.29, 0.717) is 19.6 Å². The molecular weight excluding hydrogens is 530 g/mol. The molecule has 3 heterocycles. The molecule has 5 rings (SSSR count). The van der Waals surface area contributed by atoms with E-state index in [0.717, 1.165) is 80.2 Å². The average Bonchev–Trinajstić information content (AvgIpc) is 3.47. The molecule has 0 aliphatic carbocycles. The topological polar surface area (TPSA) is 119 Å². The summed E-state index contributed by atoms with van der Waals surface area (Å²) in [5, 5.41) is 13.0. The van der Waals surface area contributed by atoms with Gasteiger partial charge < -0.3 is 15.0 Å². The number of unbranched alkanes of at least 4 members (excludes halogenated alkanes) is 1. The second-order valence-electron chi connectivity index (χ2n) is 10.9. The molecule has 10 heteroatoms. The maximum Gasteiger partial charge on any atom is 0.243 e. The number of rotatable bonds is 14. The molecule has 0 saturated carbocycles. The van der Waals surface area contributed by atoms with Crippen molar-refractivity contribution in [2.24, 2.45) is 0 Å². The number of hydrogen-bond acceptors (Lipinski definition) is 8. The van der Waals surface area contributed by atoms with E-state index in [1.165, 1.54) is 11.1 Å². The maximum atomic E-state index is 11.0. The fourth-order valence-corrected chi connectivity index (χ4v) is 5.30. The number of H-pyrrole nitrogens is 1. The number of amides is 1. The Bertz CT molecular complexity index is 1400. The van der Waals surface area contributed by atoms with E-state index in [1.54, 1.807) is 11.8 Å². The summed E-state index contributed by atoms with van der Waals surface area (Å²) in [6.07, 6.45) is 3.47. The molecule has 1 saturated heterocycles. The van der Waals surface area contributed by atoms with Crippen LogP contribution in [-0.2, 0) is 16.1 Å². The molecule has 42 heavy (non-hydrogen) atoms. The van der Waals surface area contributed by atoms with Crippen LogP contribution in [0.4, 0.5) is 5.82 Å². The summed E-state index contributed by atoms with van der Waals surface area (Å²) in [6.45, 7) is 9.50. The van der Waals surface area contributed by atoms with E-state index in [9.17, 15) is 4.79 Å². The van der Waals surface area contributed by atoms with Gasteiger partial charge in [-0.3, -0.25) is 19.8 Å². The first kappa shape index (κ1) is 29.7. The predicted octanol–water partition coefficient (Wildman–Crippen LogP) is 4.61. The number of piperazine rings is 1. The van der Waals surface area contributed by atoms with Gasteiger partial charge in [-0.05, 0) is 42.5 Å². The Morgan fingerprint density at radius 3 is 2.52 bits per heavy atom. The summed E-state index contributed by atoms with van der Waals surface area (Å²) >= 11 is 0. The van der Waals surface area contributed by atoms with Crippen LogP contribution < -0.4 is 10.8 Å². The maximum absolute atomic E-state index is 11.0. The van der Waals surface area contributed by atoms with E-state index in [4.69, 9.17) is 9.94 Å². The molecule has 0 radical (unpaired) electrons. The van der Waals surface area contributed by atoms with Crippen molar-refractivity contribution in [3.8, 4) is 11.3 Å². The number of carbonyl (C=O) groups excluding carboxylic acids is 1. The van der Waals surface area contributed by atoms with E-state index >= 15 is 0 Å². The molecule has 1 aliphatic rings. The number of nitrogens with zero attached hydrogens (tertiary/aromatic N) is 4. The lowest BCUT2D eigenvalue weighted by atomic mass is 10.1. The number of nitrogens with one attached hydrogen (secondary N) is 3. The summed E-state index contributed by atoms with van der Waals surface area (Å²) in [4.78, 5) is 28.4. The summed E-state index contributed by atoms with van der Waals surface area (Å²) in [6, 6.07) is 21.4. The van der Waals surface area contributed by atoms with Crippen LogP contribution >= 0.6 is 0 Å². The largest absolute Gasteiger partial charge is 0.380 e. The molecule has 1 atom stereocenters. The molecule has 4 N–H and O–H groups in total. The zero-order chi connectivity index (χ0) is 29.1. The number of aromatic nitrogens is 3. The number of hydroxylamine groups is 1. The number of aromatic amines is 1. The highest BCUT2D eigenvalue weighted by molar-refractivity contribution is 5.91. The fourth-order valence-electron chi connectivity index (χ4n) is 5.30. The van der Waals surface area contributed by atoms with Crippen LogP contribution in [0.5, 0.6) is 0 Å². The van der Waals surface area contributed by atoms with Gasteiger partial charge in [0.25, 0.3) is 0 Å². The minimum atomic E-state index is -0.343. The SMILES string of the molecule is C[C@@H](Nc1ncnc2[nH]c(-c3ccc(CN4CCN(CCOCCCCC(=O)NO)CC4)cc3)cc12)c1ccccc1. The summed E-state index contributed by atoms with van der Waals surface area (Å²) in [7, 11) is 0. The summed E-state index contributed by atoms with van der Waals surface area (Å²) < 4.78 is 5.72. The fraction of sp³-hybridized carbons (Fsp3) is 0.406. The van der Waals surface area contributed by atoms with Crippen LogP contribution in [0, 0.1) is 0 Å². The monoisotopic (exact) mass is 571 g/mol. The van der Waals surface area contributed by atoms with Crippen LogP contribution in [0.2, 0.25) is 0 Å². The molecule has 2 aromatic heterocycles. The van der Waals surface area contributed by atoms with Crippen LogP contribution in [-0.4, -0.2) is 81.8 Å². The molecular formula is C32H41N7O3. The van der Waals surface area contributed by atoms with E-state index < -0.39 is 0 Å². The van der Waals surface area contributed by atoms with Crippen LogP contribution in [0.1, 0.15) is 43.4 Å². The molecule has 10 nitrogen and oxygen atoms in total. The predicted molar refractivity (Wildman–Crippen MR) is 164 cm³/mol. The van der Waals surface area contributed by atoms with Crippen molar-refractivity contribution in [3.63, 3.8) is 0 Å². The Morgan fingerprint density at radius 2 is 1.76 bits per heavy atom. The van der Waals surface area contributed by atoms with Crippen molar-refractivity contribution >= 4 is 22.8 Å². The second-order valence-corrected chi connectivity index (χ2v) is 10.9. The van der Waals surface area contributed by atoms with E-state index in [-0.39, 0.29) is 11.9 Å². The smallest absolute Gasteiger partial charge is 0.243 e. The minimum absolute atomic E-state index is 0.127. The second kappa shape index (κ2) is 14.9. The van der Waals surface area contributed by atoms with Gasteiger partial charge in [0.15, 0.2) is 0 Å². The molecule has 0 bridgehead atoms. The lowest BCUT2D eigenvalue weighted by Crippen LogP contribution is -2.46. The van der Waals surface area contributed by atoms with Crippen molar-refractivity contribution < 1.29 is 14.7 Å². The Kier molecular flexibility index (Phi) is 10.5. The van der Waals surface area contributed by atoms with Crippen molar-refractivity contribution in [1.82, 2.24) is 30.2 Å². The first-order chi connectivity index (χ1) is 20.6. The van der Waals surface area contributed by atoms with Gasteiger partial charge in [-0.1, -0.05) is 54.6 Å². The quantitative estimate of drug-likeness (QED) is 0.0985. The number of ether oxygens (including phenoxy) is 1. The third-order valence-electron chi connectivity index (χ3n) is 7.83. The van der Waals surface area contributed by atoms with Gasteiger partial charge in [0.1, 0.15) is 17.8 Å². The van der Waals surface area contributed by atoms with Gasteiger partial charge >= 0.3 is 0 Å². The number of fused-ring (bicyclic) bond motifs is 1. The Balaban J connectivity index is 1.07. The number of anilines is 1. The van der Waals surface area contributed by atoms with Gasteiger partial charge in [0, 0.05) is 64.0 Å². The first-order valence-corrected chi connectivity index (χ1v) is 14.8. The third kappa shape index (κ3) is 8.13. The minimum Gasteiger partial charge on any atom is -0.380 e. The number of benzene rings is 2. The third-order valence-corrected chi connectivity index (χ3v) is 7.83. The molecule has 222 valence electrons. The zero-order valence-corrected chi connectivity index (χ0v) is 24.3. The molecule has 2 aromatic carbocycles. The highest BCUT2D eigenvalue weighted by Gasteiger charge is 2.17. The van der Waals surface area contributed by atoms with E-state index in [1.807, 2.05) is 6.07 Å². The molecule has 0 unspecified atom stereocenters. The zero-order valence-electron chi connectivity index (χ0n) is 24.3. The molecule has 1 amide bonds. The summed E-state index contributed by atoms with van der Waals surface area (Å²) in [5.74, 6) is 0.482. The molecule has 1 fully saturated rings. The lowest BCUT2D eigenvalue weighted by molar-refractivity contribution is -0.129. The van der Waals surface area contributed by atoms with Gasteiger partial charge in [-0.15, -0.1) is 0 Å². The van der Waals surface area contributed by atoms with Crippen molar-refractivity contribution in [1.29, 1.82) is 0 Å². The Morgan fingerprint density at radius 1 is 1.00 bits per heavy atom. The summed E-state index contributed by atoms with van der Waals surface area (Å²) in [5.41, 5.74) is 7.14. The Labute approximate surface area is 247 Å². The van der Waals surface area contributed by atoms with Gasteiger partial charge in [0.2, 0.25) is 5.91 Å². The molecule has 0 spiro atoms. The van der Waals surface area contributed by atoms with Crippen molar-refractivity contribution in [2.75, 3.05) is 51.3 Å². The van der Waals surface area contributed by atoms with Gasteiger partial charge in [-0.2, -0.15) is 0 Å². The lowest BCUT2D eigenvalue weighted by Gasteiger charge is -2.34. The molecule has 4 aromatic rings. The standard InChI is InChI=1S/C32H41N7O3/c1-24(26-7-3-2-4-8-26)35-31-28-21-29(36-32(28)34-23-33-31)27-12-10-25(11-13-27)22-39-16-14-38(15-17-39)18-20-42-19-6-5-9-30(40)37-41/h2-4,7-8,10-13,21,23-24,41H,5-6,9,14-20,22H2,1H3,(H,37,40)(H2,33,34,35,36)/t24-/m1/s1. The average molecular weight is 572 g/mol. The highest BCUT2D eigenvalue weighted by Crippen LogP contribution is 2.29. The van der Waals surface area contributed by atoms with Crippen molar-refractivity contribution in [3.05, 3.63) is 78.1 Å². The first-order valence-electron chi connectivity index (χ1n) is 14.8. The Hall–Kier alpha value is -3.83. The van der Waals surface area contributed by atoms with Gasteiger partial charge in [-0.25, -0.2) is 15.4 Å². The highest BCUT2D eigenvalue weighted by atomic mass is 16.5. The van der Waals surface area contributed by atoms with Crippen LogP contribution in [0.15, 0.2) is 67.0 Å². The van der Waals surface area contributed by atoms with Crippen molar-refractivity contribution in [2.45, 2.75) is 38.8 Å². The van der Waals surface area contributed by atoms with Crippen LogP contribution in [0.25, 0.3) is 22.3 Å². The number of hydrogen-bond donors (Lipinski definition) is 4. The van der Waals surface area contributed by atoms with Crippen LogP contribution in [0.3, 0.4) is 0 Å². The normalized spacial score (nSPS) is 15.1.